The molecule has 1 atom stereocenters. The number of hydrogen-bond donors (Lipinski definition) is 1. The second kappa shape index (κ2) is 7.64. The van der Waals surface area contributed by atoms with Crippen LogP contribution in [0, 0.1) is 6.92 Å². The summed E-state index contributed by atoms with van der Waals surface area (Å²) in [5.74, 6) is 0.600. The van der Waals surface area contributed by atoms with Crippen LogP contribution in [0.3, 0.4) is 0 Å². The Morgan fingerprint density at radius 1 is 1.09 bits per heavy atom. The van der Waals surface area contributed by atoms with Crippen molar-refractivity contribution in [2.24, 2.45) is 0 Å². The maximum atomic E-state index is 12.0. The highest BCUT2D eigenvalue weighted by atomic mass is 16.5. The highest BCUT2D eigenvalue weighted by Gasteiger charge is 2.10. The largest absolute Gasteiger partial charge is 0.484 e. The van der Waals surface area contributed by atoms with E-state index in [9.17, 15) is 4.79 Å². The van der Waals surface area contributed by atoms with E-state index in [0.717, 1.165) is 17.7 Å². The van der Waals surface area contributed by atoms with E-state index in [1.54, 1.807) is 0 Å². The minimum absolute atomic E-state index is 0.0285. The third kappa shape index (κ3) is 4.62. The van der Waals surface area contributed by atoms with Crippen molar-refractivity contribution in [1.29, 1.82) is 0 Å². The quantitative estimate of drug-likeness (QED) is 0.880. The molecule has 3 nitrogen and oxygen atoms in total. The second-order valence-corrected chi connectivity index (χ2v) is 5.49. The first-order chi connectivity index (χ1) is 10.6. The van der Waals surface area contributed by atoms with Gasteiger partial charge in [-0.1, -0.05) is 48.9 Å². The van der Waals surface area contributed by atoms with E-state index in [-0.39, 0.29) is 18.6 Å². The fourth-order valence-corrected chi connectivity index (χ4v) is 2.19. The van der Waals surface area contributed by atoms with Gasteiger partial charge in [-0.05, 0) is 43.5 Å². The van der Waals surface area contributed by atoms with Crippen molar-refractivity contribution in [3.63, 3.8) is 0 Å². The molecule has 2 aromatic carbocycles. The van der Waals surface area contributed by atoms with Crippen LogP contribution in [0.25, 0.3) is 0 Å². The number of carbonyl (C=O) groups is 1. The summed E-state index contributed by atoms with van der Waals surface area (Å²) in [5, 5.41) is 2.94. The van der Waals surface area contributed by atoms with Gasteiger partial charge in [0.05, 0.1) is 6.04 Å². The van der Waals surface area contributed by atoms with Gasteiger partial charge in [0, 0.05) is 0 Å². The predicted molar refractivity (Wildman–Crippen MR) is 89.1 cm³/mol. The first-order valence-electron chi connectivity index (χ1n) is 7.66. The molecule has 0 bridgehead atoms. The van der Waals surface area contributed by atoms with Crippen molar-refractivity contribution in [3.05, 3.63) is 65.2 Å². The molecular formula is C19H23NO2. The van der Waals surface area contributed by atoms with Crippen LogP contribution in [-0.2, 0) is 11.2 Å². The average Bonchev–Trinajstić information content (AvgIpc) is 2.54. The second-order valence-electron chi connectivity index (χ2n) is 5.49. The number of nitrogens with one attached hydrogen (secondary N) is 1. The van der Waals surface area contributed by atoms with Gasteiger partial charge < -0.3 is 10.1 Å². The number of benzene rings is 2. The summed E-state index contributed by atoms with van der Waals surface area (Å²) in [5.41, 5.74) is 3.55. The molecule has 0 saturated heterocycles. The molecular weight excluding hydrogens is 274 g/mol. The van der Waals surface area contributed by atoms with Gasteiger partial charge in [-0.3, -0.25) is 4.79 Å². The summed E-state index contributed by atoms with van der Waals surface area (Å²) >= 11 is 0. The molecule has 0 aliphatic heterocycles. The molecule has 0 spiro atoms. The van der Waals surface area contributed by atoms with Crippen LogP contribution in [0.5, 0.6) is 5.75 Å². The van der Waals surface area contributed by atoms with E-state index in [4.69, 9.17) is 4.74 Å². The Morgan fingerprint density at radius 2 is 1.73 bits per heavy atom. The minimum atomic E-state index is -0.118. The zero-order chi connectivity index (χ0) is 15.9. The molecule has 1 amide bonds. The van der Waals surface area contributed by atoms with E-state index >= 15 is 0 Å². The summed E-state index contributed by atoms with van der Waals surface area (Å²) in [4.78, 5) is 12.0. The van der Waals surface area contributed by atoms with Gasteiger partial charge in [0.15, 0.2) is 6.61 Å². The summed E-state index contributed by atoms with van der Waals surface area (Å²) in [6.45, 7) is 6.15. The third-order valence-corrected chi connectivity index (χ3v) is 3.66. The number of hydrogen-bond acceptors (Lipinski definition) is 2. The summed E-state index contributed by atoms with van der Waals surface area (Å²) < 4.78 is 5.51. The lowest BCUT2D eigenvalue weighted by molar-refractivity contribution is -0.123. The Bertz CT molecular complexity index is 602. The highest BCUT2D eigenvalue weighted by molar-refractivity contribution is 5.78. The van der Waals surface area contributed by atoms with Crippen LogP contribution in [0.15, 0.2) is 48.5 Å². The predicted octanol–water partition coefficient (Wildman–Crippen LogP) is 3.81. The molecule has 0 aromatic heterocycles. The van der Waals surface area contributed by atoms with E-state index in [1.807, 2.05) is 62.4 Å². The van der Waals surface area contributed by atoms with Gasteiger partial charge >= 0.3 is 0 Å². The minimum Gasteiger partial charge on any atom is -0.484 e. The highest BCUT2D eigenvalue weighted by Crippen LogP contribution is 2.14. The summed E-state index contributed by atoms with van der Waals surface area (Å²) in [6, 6.07) is 16.0. The van der Waals surface area contributed by atoms with Crippen LogP contribution < -0.4 is 10.1 Å². The van der Waals surface area contributed by atoms with Gasteiger partial charge in [0.1, 0.15) is 5.75 Å². The lowest BCUT2D eigenvalue weighted by Crippen LogP contribution is -2.31. The van der Waals surface area contributed by atoms with E-state index < -0.39 is 0 Å². The zero-order valence-corrected chi connectivity index (χ0v) is 13.4. The van der Waals surface area contributed by atoms with Gasteiger partial charge in [-0.15, -0.1) is 0 Å². The van der Waals surface area contributed by atoms with Crippen LogP contribution >= 0.6 is 0 Å². The molecule has 0 heterocycles. The van der Waals surface area contributed by atoms with Crippen molar-refractivity contribution >= 4 is 5.91 Å². The summed E-state index contributed by atoms with van der Waals surface area (Å²) in [7, 11) is 0. The van der Waals surface area contributed by atoms with Gasteiger partial charge in [-0.2, -0.15) is 0 Å². The molecule has 0 aliphatic carbocycles. The van der Waals surface area contributed by atoms with Gasteiger partial charge in [0.2, 0.25) is 0 Å². The summed E-state index contributed by atoms with van der Waals surface area (Å²) in [6.07, 6.45) is 0.995. The first-order valence-corrected chi connectivity index (χ1v) is 7.66. The molecule has 22 heavy (non-hydrogen) atoms. The van der Waals surface area contributed by atoms with Crippen LogP contribution in [0.1, 0.15) is 36.6 Å². The van der Waals surface area contributed by atoms with Crippen LogP contribution in [-0.4, -0.2) is 12.5 Å². The monoisotopic (exact) mass is 297 g/mol. The standard InChI is InChI=1S/C19H23NO2/c1-4-16-7-11-18(12-8-16)22-13-19(21)20-15(3)17-9-5-14(2)6-10-17/h5-12,15H,4,13H2,1-3H3,(H,20,21)/t15-/m1/s1. The maximum Gasteiger partial charge on any atom is 0.258 e. The number of aryl methyl sites for hydroxylation is 2. The number of rotatable bonds is 6. The van der Waals surface area contributed by atoms with Crippen molar-refractivity contribution in [3.8, 4) is 5.75 Å². The maximum absolute atomic E-state index is 12.0. The molecule has 2 aromatic rings. The van der Waals surface area contributed by atoms with Crippen molar-refractivity contribution < 1.29 is 9.53 Å². The molecule has 0 radical (unpaired) electrons. The van der Waals surface area contributed by atoms with Crippen LogP contribution in [0.2, 0.25) is 0 Å². The molecule has 0 fully saturated rings. The fourth-order valence-electron chi connectivity index (χ4n) is 2.19. The van der Waals surface area contributed by atoms with Crippen molar-refractivity contribution in [2.45, 2.75) is 33.2 Å². The SMILES string of the molecule is CCc1ccc(OCC(=O)N[C@H](C)c2ccc(C)cc2)cc1. The smallest absolute Gasteiger partial charge is 0.258 e. The zero-order valence-electron chi connectivity index (χ0n) is 13.4. The van der Waals surface area contributed by atoms with Crippen molar-refractivity contribution in [1.82, 2.24) is 5.32 Å². The van der Waals surface area contributed by atoms with E-state index in [1.165, 1.54) is 11.1 Å². The molecule has 2 rings (SSSR count). The Kier molecular flexibility index (Phi) is 5.59. The molecule has 1 N–H and O–H groups in total. The average molecular weight is 297 g/mol. The third-order valence-electron chi connectivity index (χ3n) is 3.66. The molecule has 116 valence electrons. The number of amides is 1. The Balaban J connectivity index is 1.83. The fraction of sp³-hybridized carbons (Fsp3) is 0.316. The molecule has 0 unspecified atom stereocenters. The van der Waals surface area contributed by atoms with Crippen molar-refractivity contribution in [2.75, 3.05) is 6.61 Å². The number of carbonyl (C=O) groups excluding carboxylic acids is 1. The van der Waals surface area contributed by atoms with Crippen LogP contribution in [0.4, 0.5) is 0 Å². The molecule has 3 heteroatoms. The normalized spacial score (nSPS) is 11.8. The van der Waals surface area contributed by atoms with E-state index in [0.29, 0.717) is 0 Å². The van der Waals surface area contributed by atoms with Gasteiger partial charge in [-0.25, -0.2) is 0 Å². The Labute approximate surface area is 132 Å². The first kappa shape index (κ1) is 16.1. The lowest BCUT2D eigenvalue weighted by atomic mass is 10.1. The Hall–Kier alpha value is -2.29. The topological polar surface area (TPSA) is 38.3 Å². The number of ether oxygens (including phenoxy) is 1. The Morgan fingerprint density at radius 3 is 2.32 bits per heavy atom. The lowest BCUT2D eigenvalue weighted by Gasteiger charge is -2.15. The van der Waals surface area contributed by atoms with E-state index in [2.05, 4.69) is 12.2 Å². The molecule has 0 aliphatic rings. The van der Waals surface area contributed by atoms with Gasteiger partial charge in [0.25, 0.3) is 5.91 Å². The molecule has 0 saturated carbocycles.